The van der Waals surface area contributed by atoms with Gasteiger partial charge < -0.3 is 5.32 Å². The molecule has 0 bridgehead atoms. The van der Waals surface area contributed by atoms with Gasteiger partial charge in [0.1, 0.15) is 5.54 Å². The minimum atomic E-state index is -0.886. The molecule has 1 aromatic carbocycles. The molecule has 0 aromatic heterocycles. The number of hydrogen-bond acceptors (Lipinski definition) is 2. The topological polar surface area (TPSA) is 52.9 Å². The largest absolute Gasteiger partial charge is 0.334 e. The van der Waals surface area contributed by atoms with E-state index in [2.05, 4.69) is 21.2 Å². The summed E-state index contributed by atoms with van der Waals surface area (Å²) < 4.78 is 0.650. The van der Waals surface area contributed by atoms with E-state index in [4.69, 9.17) is 16.9 Å². The zero-order chi connectivity index (χ0) is 12.3. The molecule has 84 valence electrons. The first-order chi connectivity index (χ1) is 7.35. The zero-order valence-corrected chi connectivity index (χ0v) is 11.2. The maximum atomic E-state index is 11.8. The number of carbonyl (C=O) groups excluding carboxylic acids is 1. The van der Waals surface area contributed by atoms with Gasteiger partial charge in [0.2, 0.25) is 0 Å². The number of hydrogen-bond donors (Lipinski definition) is 1. The highest BCUT2D eigenvalue weighted by molar-refractivity contribution is 9.10. The van der Waals surface area contributed by atoms with Gasteiger partial charge in [0.05, 0.1) is 11.1 Å². The van der Waals surface area contributed by atoms with Gasteiger partial charge in [-0.15, -0.1) is 0 Å². The Labute approximate surface area is 108 Å². The first-order valence-electron chi connectivity index (χ1n) is 4.54. The Balaban J connectivity index is 2.91. The molecule has 5 heteroatoms. The van der Waals surface area contributed by atoms with E-state index >= 15 is 0 Å². The Kier molecular flexibility index (Phi) is 3.95. The van der Waals surface area contributed by atoms with Gasteiger partial charge >= 0.3 is 0 Å². The number of rotatable bonds is 2. The second kappa shape index (κ2) is 4.86. The molecule has 16 heavy (non-hydrogen) atoms. The van der Waals surface area contributed by atoms with E-state index in [1.807, 2.05) is 6.07 Å². The number of nitrogens with zero attached hydrogens (tertiary/aromatic N) is 1. The van der Waals surface area contributed by atoms with E-state index < -0.39 is 5.54 Å². The third kappa shape index (κ3) is 3.22. The predicted octanol–water partition coefficient (Wildman–Crippen LogP) is 3.13. The summed E-state index contributed by atoms with van der Waals surface area (Å²) in [6.45, 7) is 3.27. The van der Waals surface area contributed by atoms with Crippen molar-refractivity contribution in [1.82, 2.24) is 5.32 Å². The highest BCUT2D eigenvalue weighted by Gasteiger charge is 2.20. The molecule has 0 radical (unpaired) electrons. The zero-order valence-electron chi connectivity index (χ0n) is 8.84. The number of halogens is 2. The third-order valence-corrected chi connectivity index (χ3v) is 3.10. The van der Waals surface area contributed by atoms with Crippen molar-refractivity contribution in [2.45, 2.75) is 19.4 Å². The molecule has 1 rings (SSSR count). The van der Waals surface area contributed by atoms with Crippen molar-refractivity contribution in [3.05, 3.63) is 33.3 Å². The molecule has 0 atom stereocenters. The number of nitriles is 1. The summed E-state index contributed by atoms with van der Waals surface area (Å²) >= 11 is 9.05. The monoisotopic (exact) mass is 300 g/mol. The smallest absolute Gasteiger partial charge is 0.252 e. The molecule has 0 spiro atoms. The minimum absolute atomic E-state index is 0.302. The minimum Gasteiger partial charge on any atom is -0.334 e. The van der Waals surface area contributed by atoms with Crippen LogP contribution in [-0.2, 0) is 0 Å². The van der Waals surface area contributed by atoms with E-state index in [9.17, 15) is 4.79 Å². The standard InChI is InChI=1S/C11H10BrClN2O/c1-11(2,6-14)15-10(16)7-3-4-9(13)8(12)5-7/h3-5H,1-2H3,(H,15,16). The Morgan fingerprint density at radius 3 is 2.69 bits per heavy atom. The van der Waals surface area contributed by atoms with Crippen LogP contribution in [0.1, 0.15) is 24.2 Å². The molecule has 0 aliphatic rings. The SMILES string of the molecule is CC(C)(C#N)NC(=O)c1ccc(Cl)c(Br)c1. The molecule has 0 saturated carbocycles. The fourth-order valence-corrected chi connectivity index (χ4v) is 1.52. The van der Waals surface area contributed by atoms with Gasteiger partial charge in [-0.25, -0.2) is 0 Å². The van der Waals surface area contributed by atoms with Gasteiger partial charge in [0.25, 0.3) is 5.91 Å². The molecule has 0 aliphatic carbocycles. The fourth-order valence-electron chi connectivity index (χ4n) is 1.02. The van der Waals surface area contributed by atoms with Crippen LogP contribution in [0.4, 0.5) is 0 Å². The molecule has 1 N–H and O–H groups in total. The van der Waals surface area contributed by atoms with Crippen LogP contribution in [0.15, 0.2) is 22.7 Å². The summed E-state index contributed by atoms with van der Waals surface area (Å²) in [5.41, 5.74) is -0.428. The van der Waals surface area contributed by atoms with Gasteiger partial charge in [-0.1, -0.05) is 11.6 Å². The van der Waals surface area contributed by atoms with Crippen LogP contribution < -0.4 is 5.32 Å². The summed E-state index contributed by atoms with van der Waals surface area (Å²) in [7, 11) is 0. The normalized spacial score (nSPS) is 10.7. The van der Waals surface area contributed by atoms with Crippen LogP contribution in [0.3, 0.4) is 0 Å². The predicted molar refractivity (Wildman–Crippen MR) is 66.3 cm³/mol. The van der Waals surface area contributed by atoms with E-state index in [1.165, 1.54) is 0 Å². The maximum Gasteiger partial charge on any atom is 0.252 e. The average molecular weight is 302 g/mol. The second-order valence-corrected chi connectivity index (χ2v) is 5.08. The van der Waals surface area contributed by atoms with Crippen LogP contribution in [0.5, 0.6) is 0 Å². The third-order valence-electron chi connectivity index (χ3n) is 1.89. The lowest BCUT2D eigenvalue weighted by Crippen LogP contribution is -2.42. The molecular weight excluding hydrogens is 291 g/mol. The quantitative estimate of drug-likeness (QED) is 0.912. The van der Waals surface area contributed by atoms with Gasteiger partial charge in [0, 0.05) is 10.0 Å². The van der Waals surface area contributed by atoms with Crippen molar-refractivity contribution in [1.29, 1.82) is 5.26 Å². The van der Waals surface area contributed by atoms with Crippen LogP contribution in [0, 0.1) is 11.3 Å². The molecule has 0 saturated heterocycles. The molecule has 0 heterocycles. The van der Waals surface area contributed by atoms with E-state index in [0.717, 1.165) is 0 Å². The molecule has 0 aliphatic heterocycles. The first kappa shape index (κ1) is 13.0. The van der Waals surface area contributed by atoms with Crippen molar-refractivity contribution in [3.63, 3.8) is 0 Å². The van der Waals surface area contributed by atoms with Crippen molar-refractivity contribution in [2.24, 2.45) is 0 Å². The molecular formula is C11H10BrClN2O. The number of amides is 1. The Hall–Kier alpha value is -1.05. The Morgan fingerprint density at radius 1 is 1.56 bits per heavy atom. The van der Waals surface area contributed by atoms with Gasteiger partial charge in [-0.05, 0) is 48.0 Å². The van der Waals surface area contributed by atoms with Crippen LogP contribution in [0.2, 0.25) is 5.02 Å². The van der Waals surface area contributed by atoms with Gasteiger partial charge in [-0.3, -0.25) is 4.79 Å². The molecule has 3 nitrogen and oxygen atoms in total. The Bertz CT molecular complexity index is 466. The number of nitrogens with one attached hydrogen (secondary N) is 1. The lowest BCUT2D eigenvalue weighted by atomic mass is 10.1. The highest BCUT2D eigenvalue weighted by atomic mass is 79.9. The van der Waals surface area contributed by atoms with Gasteiger partial charge in [0.15, 0.2) is 0 Å². The van der Waals surface area contributed by atoms with Crippen molar-refractivity contribution >= 4 is 33.4 Å². The van der Waals surface area contributed by atoms with Crippen molar-refractivity contribution < 1.29 is 4.79 Å². The fraction of sp³-hybridized carbons (Fsp3) is 0.273. The van der Waals surface area contributed by atoms with E-state index in [0.29, 0.717) is 15.1 Å². The maximum absolute atomic E-state index is 11.8. The van der Waals surface area contributed by atoms with Crippen LogP contribution in [0.25, 0.3) is 0 Å². The average Bonchev–Trinajstić information content (AvgIpc) is 2.21. The summed E-state index contributed by atoms with van der Waals surface area (Å²) in [5, 5.41) is 11.9. The van der Waals surface area contributed by atoms with Crippen molar-refractivity contribution in [2.75, 3.05) is 0 Å². The van der Waals surface area contributed by atoms with Gasteiger partial charge in [-0.2, -0.15) is 5.26 Å². The lowest BCUT2D eigenvalue weighted by molar-refractivity contribution is 0.0929. The summed E-state index contributed by atoms with van der Waals surface area (Å²) in [6.07, 6.45) is 0. The Morgan fingerprint density at radius 2 is 2.19 bits per heavy atom. The highest BCUT2D eigenvalue weighted by Crippen LogP contribution is 2.23. The van der Waals surface area contributed by atoms with E-state index in [-0.39, 0.29) is 5.91 Å². The summed E-state index contributed by atoms with van der Waals surface area (Å²) in [4.78, 5) is 11.8. The van der Waals surface area contributed by atoms with Crippen molar-refractivity contribution in [3.8, 4) is 6.07 Å². The lowest BCUT2D eigenvalue weighted by Gasteiger charge is -2.17. The summed E-state index contributed by atoms with van der Waals surface area (Å²) in [6, 6.07) is 6.85. The molecule has 0 fully saturated rings. The first-order valence-corrected chi connectivity index (χ1v) is 5.71. The van der Waals surface area contributed by atoms with Crippen LogP contribution >= 0.6 is 27.5 Å². The molecule has 0 unspecified atom stereocenters. The molecule has 1 aromatic rings. The second-order valence-electron chi connectivity index (χ2n) is 3.82. The number of benzene rings is 1. The number of carbonyl (C=O) groups is 1. The van der Waals surface area contributed by atoms with Crippen LogP contribution in [-0.4, -0.2) is 11.4 Å². The summed E-state index contributed by atoms with van der Waals surface area (Å²) in [5.74, 6) is -0.302. The van der Waals surface area contributed by atoms with E-state index in [1.54, 1.807) is 32.0 Å². The molecule has 1 amide bonds.